The van der Waals surface area contributed by atoms with Crippen molar-refractivity contribution in [3.8, 4) is 11.6 Å². The van der Waals surface area contributed by atoms with Gasteiger partial charge in [-0.3, -0.25) is 4.79 Å². The second-order valence-electron chi connectivity index (χ2n) is 5.76. The molecule has 4 rings (SSSR count). The summed E-state index contributed by atoms with van der Waals surface area (Å²) in [6, 6.07) is 14.9. The van der Waals surface area contributed by atoms with Gasteiger partial charge >= 0.3 is 0 Å². The van der Waals surface area contributed by atoms with E-state index in [1.54, 1.807) is 29.2 Å². The van der Waals surface area contributed by atoms with Crippen molar-refractivity contribution in [3.05, 3.63) is 72.8 Å². The predicted molar refractivity (Wildman–Crippen MR) is 102 cm³/mol. The summed E-state index contributed by atoms with van der Waals surface area (Å²) >= 11 is 0. The Morgan fingerprint density at radius 2 is 2.04 bits per heavy atom. The summed E-state index contributed by atoms with van der Waals surface area (Å²) in [5.41, 5.74) is 0.481. The van der Waals surface area contributed by atoms with Crippen molar-refractivity contribution in [1.82, 2.24) is 19.7 Å². The number of nitrogens with zero attached hydrogens (tertiary/aromatic N) is 4. The van der Waals surface area contributed by atoms with Gasteiger partial charge in [0.1, 0.15) is 17.9 Å². The summed E-state index contributed by atoms with van der Waals surface area (Å²) in [7, 11) is 0. The topological polar surface area (TPSA) is 81.9 Å². The maximum Gasteiger partial charge on any atom is 0.261 e. The van der Waals surface area contributed by atoms with Crippen molar-refractivity contribution in [1.29, 1.82) is 0 Å². The highest BCUT2D eigenvalue weighted by Gasteiger charge is 2.17. The van der Waals surface area contributed by atoms with Crippen molar-refractivity contribution in [2.24, 2.45) is 0 Å². The molecule has 0 aliphatic rings. The molecule has 2 aromatic heterocycles. The Labute approximate surface area is 155 Å². The van der Waals surface area contributed by atoms with Gasteiger partial charge in [-0.2, -0.15) is 5.10 Å². The van der Waals surface area contributed by atoms with Crippen LogP contribution in [-0.4, -0.2) is 32.3 Å². The molecule has 2 aromatic carbocycles. The van der Waals surface area contributed by atoms with Gasteiger partial charge in [0.15, 0.2) is 5.82 Å². The van der Waals surface area contributed by atoms with Crippen molar-refractivity contribution in [2.75, 3.05) is 11.9 Å². The number of hydrogen-bond donors (Lipinski definition) is 1. The van der Waals surface area contributed by atoms with Crippen LogP contribution in [-0.2, 0) is 0 Å². The molecule has 27 heavy (non-hydrogen) atoms. The molecule has 0 atom stereocenters. The Bertz CT molecular complexity index is 1090. The lowest BCUT2D eigenvalue weighted by atomic mass is 10.0. The van der Waals surface area contributed by atoms with Gasteiger partial charge in [0.25, 0.3) is 5.91 Å². The molecule has 0 fully saturated rings. The quantitative estimate of drug-likeness (QED) is 0.590. The molecule has 134 valence electrons. The summed E-state index contributed by atoms with van der Waals surface area (Å²) in [6.07, 6.45) is 4.82. The molecule has 1 amide bonds. The second kappa shape index (κ2) is 7.25. The first kappa shape index (κ1) is 16.7. The summed E-state index contributed by atoms with van der Waals surface area (Å²) in [4.78, 5) is 21.4. The van der Waals surface area contributed by atoms with Gasteiger partial charge in [-0.25, -0.2) is 14.6 Å². The first-order chi connectivity index (χ1) is 13.3. The number of carbonyl (C=O) groups excluding carboxylic acids is 1. The van der Waals surface area contributed by atoms with E-state index in [4.69, 9.17) is 4.74 Å². The molecule has 7 nitrogen and oxygen atoms in total. The smallest absolute Gasteiger partial charge is 0.261 e. The maximum atomic E-state index is 13.0. The van der Waals surface area contributed by atoms with E-state index < -0.39 is 0 Å². The van der Waals surface area contributed by atoms with Gasteiger partial charge in [-0.1, -0.05) is 30.3 Å². The lowest BCUT2D eigenvalue weighted by Crippen LogP contribution is -2.16. The minimum absolute atomic E-state index is 0.291. The highest BCUT2D eigenvalue weighted by Crippen LogP contribution is 2.29. The molecule has 7 heteroatoms. The average Bonchev–Trinajstić information content (AvgIpc) is 3.23. The Kier molecular flexibility index (Phi) is 4.49. The molecule has 0 saturated heterocycles. The van der Waals surface area contributed by atoms with Crippen LogP contribution < -0.4 is 10.1 Å². The van der Waals surface area contributed by atoms with Crippen LogP contribution in [0, 0.1) is 0 Å². The molecule has 0 aliphatic heterocycles. The molecule has 0 spiro atoms. The molecular weight excluding hydrogens is 342 g/mol. The van der Waals surface area contributed by atoms with Crippen LogP contribution in [0.15, 0.2) is 67.3 Å². The summed E-state index contributed by atoms with van der Waals surface area (Å²) in [5, 5.41) is 8.76. The summed E-state index contributed by atoms with van der Waals surface area (Å²) in [6.45, 7) is 2.35. The lowest BCUT2D eigenvalue weighted by Gasteiger charge is -2.13. The molecule has 0 aliphatic carbocycles. The number of rotatable bonds is 5. The molecule has 0 unspecified atom stereocenters. The van der Waals surface area contributed by atoms with E-state index in [1.165, 1.54) is 6.33 Å². The fourth-order valence-electron chi connectivity index (χ4n) is 2.89. The van der Waals surface area contributed by atoms with Gasteiger partial charge < -0.3 is 10.1 Å². The van der Waals surface area contributed by atoms with E-state index in [9.17, 15) is 4.79 Å². The highest BCUT2D eigenvalue weighted by atomic mass is 16.5. The zero-order valence-electron chi connectivity index (χ0n) is 14.7. The second-order valence-corrected chi connectivity index (χ2v) is 5.76. The number of ether oxygens (including phenoxy) is 1. The monoisotopic (exact) mass is 359 g/mol. The van der Waals surface area contributed by atoms with Gasteiger partial charge in [-0.05, 0) is 29.8 Å². The number of nitrogens with one attached hydrogen (secondary N) is 1. The zero-order chi connectivity index (χ0) is 18.6. The van der Waals surface area contributed by atoms with Crippen LogP contribution in [0.4, 0.5) is 5.82 Å². The predicted octanol–water partition coefficient (Wildman–Crippen LogP) is 3.47. The molecule has 0 bridgehead atoms. The van der Waals surface area contributed by atoms with Gasteiger partial charge in [-0.15, -0.1) is 0 Å². The molecule has 2 heterocycles. The number of fused-ring (bicyclic) bond motifs is 1. The van der Waals surface area contributed by atoms with E-state index in [1.807, 2.05) is 43.3 Å². The van der Waals surface area contributed by atoms with Crippen LogP contribution >= 0.6 is 0 Å². The standard InChI is InChI=1S/C20H17N5O2/c1-2-27-16-9-8-14-6-3-4-7-15(14)19(16)20(26)24-17-12-18(22-13-21-17)25-11-5-10-23-25/h3-13H,2H2,1H3,(H,21,22,24,26). The van der Waals surface area contributed by atoms with Gasteiger partial charge in [0.2, 0.25) is 0 Å². The van der Waals surface area contributed by atoms with E-state index >= 15 is 0 Å². The minimum atomic E-state index is -0.291. The van der Waals surface area contributed by atoms with Crippen molar-refractivity contribution >= 4 is 22.5 Å². The SMILES string of the molecule is CCOc1ccc2ccccc2c1C(=O)Nc1cc(-n2cccn2)ncn1. The van der Waals surface area contributed by atoms with E-state index in [0.29, 0.717) is 29.6 Å². The van der Waals surface area contributed by atoms with Crippen molar-refractivity contribution in [2.45, 2.75) is 6.92 Å². The third-order valence-electron chi connectivity index (χ3n) is 4.05. The number of aromatic nitrogens is 4. The Balaban J connectivity index is 1.71. The fraction of sp³-hybridized carbons (Fsp3) is 0.100. The summed E-state index contributed by atoms with van der Waals surface area (Å²) in [5.74, 6) is 1.19. The van der Waals surface area contributed by atoms with E-state index in [-0.39, 0.29) is 5.91 Å². The van der Waals surface area contributed by atoms with Crippen LogP contribution in [0.5, 0.6) is 5.75 Å². The summed E-state index contributed by atoms with van der Waals surface area (Å²) < 4.78 is 7.28. The minimum Gasteiger partial charge on any atom is -0.493 e. The van der Waals surface area contributed by atoms with Crippen LogP contribution in [0.25, 0.3) is 16.6 Å². The van der Waals surface area contributed by atoms with Gasteiger partial charge in [0.05, 0.1) is 12.2 Å². The third kappa shape index (κ3) is 3.35. The number of benzene rings is 2. The van der Waals surface area contributed by atoms with Gasteiger partial charge in [0, 0.05) is 18.5 Å². The molecule has 0 radical (unpaired) electrons. The lowest BCUT2D eigenvalue weighted by molar-refractivity contribution is 0.102. The highest BCUT2D eigenvalue weighted by molar-refractivity contribution is 6.14. The zero-order valence-corrected chi connectivity index (χ0v) is 14.7. The molecular formula is C20H17N5O2. The third-order valence-corrected chi connectivity index (χ3v) is 4.05. The number of hydrogen-bond acceptors (Lipinski definition) is 5. The van der Waals surface area contributed by atoms with Crippen molar-refractivity contribution < 1.29 is 9.53 Å². The van der Waals surface area contributed by atoms with E-state index in [2.05, 4.69) is 20.4 Å². The Morgan fingerprint density at radius 3 is 2.85 bits per heavy atom. The van der Waals surface area contributed by atoms with Crippen LogP contribution in [0.1, 0.15) is 17.3 Å². The number of amides is 1. The van der Waals surface area contributed by atoms with Crippen molar-refractivity contribution in [3.63, 3.8) is 0 Å². The maximum absolute atomic E-state index is 13.0. The largest absolute Gasteiger partial charge is 0.493 e. The van der Waals surface area contributed by atoms with E-state index in [0.717, 1.165) is 10.8 Å². The molecule has 1 N–H and O–H groups in total. The molecule has 4 aromatic rings. The fourth-order valence-corrected chi connectivity index (χ4v) is 2.89. The average molecular weight is 359 g/mol. The van der Waals surface area contributed by atoms with Crippen LogP contribution in [0.2, 0.25) is 0 Å². The normalized spacial score (nSPS) is 10.7. The number of carbonyl (C=O) groups is 1. The molecule has 0 saturated carbocycles. The Hall–Kier alpha value is -3.74. The first-order valence-electron chi connectivity index (χ1n) is 8.54. The first-order valence-corrected chi connectivity index (χ1v) is 8.54. The Morgan fingerprint density at radius 1 is 1.15 bits per heavy atom. The number of anilines is 1. The van der Waals surface area contributed by atoms with Crippen LogP contribution in [0.3, 0.4) is 0 Å².